The Kier molecular flexibility index (Phi) is 6.75. The van der Waals surface area contributed by atoms with Gasteiger partial charge in [0.15, 0.2) is 0 Å². The molecule has 0 fully saturated rings. The van der Waals surface area contributed by atoms with Gasteiger partial charge in [0.05, 0.1) is 12.7 Å². The molecule has 0 radical (unpaired) electrons. The van der Waals surface area contributed by atoms with Gasteiger partial charge in [-0.15, -0.1) is 0 Å². The zero-order valence-electron chi connectivity index (χ0n) is 14.4. The molecule has 2 rings (SSSR count). The van der Waals surface area contributed by atoms with Gasteiger partial charge in [-0.3, -0.25) is 4.79 Å². The third-order valence-electron chi connectivity index (χ3n) is 3.33. The summed E-state index contributed by atoms with van der Waals surface area (Å²) in [5.41, 5.74) is 1.96. The Morgan fingerprint density at radius 2 is 1.83 bits per heavy atom. The molecule has 0 bridgehead atoms. The van der Waals surface area contributed by atoms with E-state index in [-0.39, 0.29) is 12.0 Å². The van der Waals surface area contributed by atoms with Gasteiger partial charge in [-0.2, -0.15) is 0 Å². The van der Waals surface area contributed by atoms with Crippen LogP contribution >= 0.6 is 0 Å². The molecular weight excluding hydrogens is 304 g/mol. The first kappa shape index (κ1) is 17.9. The average Bonchev–Trinajstić information content (AvgIpc) is 2.59. The van der Waals surface area contributed by atoms with Gasteiger partial charge in [0.25, 0.3) is 0 Å². The van der Waals surface area contributed by atoms with E-state index < -0.39 is 6.10 Å². The van der Waals surface area contributed by atoms with Crippen molar-refractivity contribution in [1.82, 2.24) is 10.3 Å². The van der Waals surface area contributed by atoms with Gasteiger partial charge in [0.2, 0.25) is 11.8 Å². The Labute approximate surface area is 143 Å². The summed E-state index contributed by atoms with van der Waals surface area (Å²) in [4.78, 5) is 16.3. The summed E-state index contributed by atoms with van der Waals surface area (Å²) >= 11 is 0. The highest BCUT2D eigenvalue weighted by molar-refractivity contribution is 5.80. The lowest BCUT2D eigenvalue weighted by Gasteiger charge is -2.14. The van der Waals surface area contributed by atoms with E-state index in [4.69, 9.17) is 9.47 Å². The predicted molar refractivity (Wildman–Crippen MR) is 92.5 cm³/mol. The van der Waals surface area contributed by atoms with Crippen molar-refractivity contribution in [2.24, 2.45) is 0 Å². The van der Waals surface area contributed by atoms with Gasteiger partial charge in [0.1, 0.15) is 6.10 Å². The molecule has 5 nitrogen and oxygen atoms in total. The van der Waals surface area contributed by atoms with Crippen LogP contribution in [-0.4, -0.2) is 23.1 Å². The summed E-state index contributed by atoms with van der Waals surface area (Å²) in [5.74, 6) is 0.438. The van der Waals surface area contributed by atoms with Crippen LogP contribution < -0.4 is 10.1 Å². The highest BCUT2D eigenvalue weighted by atomic mass is 16.5. The lowest BCUT2D eigenvalue weighted by molar-refractivity contribution is -0.132. The number of rotatable bonds is 8. The van der Waals surface area contributed by atoms with Crippen LogP contribution in [0.15, 0.2) is 48.7 Å². The normalized spacial score (nSPS) is 12.0. The average molecular weight is 328 g/mol. The first-order valence-corrected chi connectivity index (χ1v) is 8.09. The number of nitrogens with one attached hydrogen (secondary N) is 1. The minimum atomic E-state index is -0.512. The second-order valence-corrected chi connectivity index (χ2v) is 5.83. The minimum absolute atomic E-state index is 0.0886. The van der Waals surface area contributed by atoms with Crippen LogP contribution in [0.4, 0.5) is 0 Å². The number of amides is 1. The molecule has 1 unspecified atom stereocenters. The predicted octanol–water partition coefficient (Wildman–Crippen LogP) is 3.09. The number of benzene rings is 1. The summed E-state index contributed by atoms with van der Waals surface area (Å²) in [6, 6.07) is 13.5. The Bertz CT molecular complexity index is 627. The van der Waals surface area contributed by atoms with E-state index in [2.05, 4.69) is 10.3 Å². The summed E-state index contributed by atoms with van der Waals surface area (Å²) in [6.07, 6.45) is 1.28. The van der Waals surface area contributed by atoms with Crippen molar-refractivity contribution in [2.45, 2.75) is 46.1 Å². The van der Waals surface area contributed by atoms with Crippen molar-refractivity contribution in [2.75, 3.05) is 0 Å². The summed E-state index contributed by atoms with van der Waals surface area (Å²) in [6.45, 7) is 6.47. The topological polar surface area (TPSA) is 60.5 Å². The molecule has 128 valence electrons. The molecule has 0 saturated carbocycles. The van der Waals surface area contributed by atoms with E-state index in [0.717, 1.165) is 11.1 Å². The monoisotopic (exact) mass is 328 g/mol. The molecule has 5 heteroatoms. The molecule has 0 aliphatic rings. The molecule has 1 atom stereocenters. The van der Waals surface area contributed by atoms with E-state index in [1.165, 1.54) is 0 Å². The van der Waals surface area contributed by atoms with E-state index >= 15 is 0 Å². The molecule has 1 heterocycles. The lowest BCUT2D eigenvalue weighted by atomic mass is 10.2. The number of carbonyl (C=O) groups excluding carboxylic acids is 1. The third-order valence-corrected chi connectivity index (χ3v) is 3.33. The number of aromatic nitrogens is 1. The molecule has 0 aliphatic heterocycles. The molecule has 0 spiro atoms. The summed E-state index contributed by atoms with van der Waals surface area (Å²) in [5, 5.41) is 2.85. The first-order chi connectivity index (χ1) is 11.5. The molecule has 2 aromatic rings. The van der Waals surface area contributed by atoms with Crippen molar-refractivity contribution < 1.29 is 14.3 Å². The van der Waals surface area contributed by atoms with Crippen LogP contribution in [0.25, 0.3) is 0 Å². The molecule has 1 aromatic carbocycles. The molecule has 1 N–H and O–H groups in total. The van der Waals surface area contributed by atoms with Crippen LogP contribution in [-0.2, 0) is 22.7 Å². The Balaban J connectivity index is 1.75. The number of nitrogens with zero attached hydrogens (tertiary/aromatic N) is 1. The second-order valence-electron chi connectivity index (χ2n) is 5.83. The van der Waals surface area contributed by atoms with Gasteiger partial charge in [-0.1, -0.05) is 36.4 Å². The quantitative estimate of drug-likeness (QED) is 0.809. The summed E-state index contributed by atoms with van der Waals surface area (Å²) < 4.78 is 11.1. The van der Waals surface area contributed by atoms with Crippen molar-refractivity contribution in [3.63, 3.8) is 0 Å². The van der Waals surface area contributed by atoms with Crippen LogP contribution in [0.5, 0.6) is 5.88 Å². The van der Waals surface area contributed by atoms with Gasteiger partial charge in [-0.05, 0) is 31.9 Å². The van der Waals surface area contributed by atoms with Crippen molar-refractivity contribution >= 4 is 5.91 Å². The largest absolute Gasteiger partial charge is 0.475 e. The number of pyridine rings is 1. The van der Waals surface area contributed by atoms with Crippen LogP contribution in [0.3, 0.4) is 0 Å². The number of hydrogen-bond donors (Lipinski definition) is 1. The molecule has 1 aromatic heterocycles. The van der Waals surface area contributed by atoms with Gasteiger partial charge < -0.3 is 14.8 Å². The van der Waals surface area contributed by atoms with Crippen LogP contribution in [0.2, 0.25) is 0 Å². The van der Waals surface area contributed by atoms with Gasteiger partial charge in [-0.25, -0.2) is 4.98 Å². The molecule has 0 saturated heterocycles. The van der Waals surface area contributed by atoms with E-state index in [9.17, 15) is 4.79 Å². The zero-order valence-corrected chi connectivity index (χ0v) is 14.4. The van der Waals surface area contributed by atoms with E-state index in [0.29, 0.717) is 19.0 Å². The van der Waals surface area contributed by atoms with Gasteiger partial charge >= 0.3 is 0 Å². The van der Waals surface area contributed by atoms with Crippen molar-refractivity contribution in [1.29, 1.82) is 0 Å². The maximum Gasteiger partial charge on any atom is 0.249 e. The molecular formula is C19H24N2O3. The van der Waals surface area contributed by atoms with Gasteiger partial charge in [0, 0.05) is 18.8 Å². The minimum Gasteiger partial charge on any atom is -0.475 e. The maximum atomic E-state index is 12.1. The lowest BCUT2D eigenvalue weighted by Crippen LogP contribution is -2.34. The fourth-order valence-corrected chi connectivity index (χ4v) is 2.03. The van der Waals surface area contributed by atoms with Crippen molar-refractivity contribution in [3.05, 3.63) is 59.8 Å². The van der Waals surface area contributed by atoms with E-state index in [1.54, 1.807) is 19.2 Å². The second kappa shape index (κ2) is 9.03. The SMILES string of the molecule is CC(C)Oc1ccc(CNC(=O)C(C)OCc2ccccc2)cn1. The number of ether oxygens (including phenoxy) is 2. The zero-order chi connectivity index (χ0) is 17.4. The molecule has 0 aliphatic carbocycles. The maximum absolute atomic E-state index is 12.1. The molecule has 24 heavy (non-hydrogen) atoms. The standard InChI is InChI=1S/C19H24N2O3/c1-14(2)24-18-10-9-17(11-20-18)12-21-19(22)15(3)23-13-16-7-5-4-6-8-16/h4-11,14-15H,12-13H2,1-3H3,(H,21,22). The number of hydrogen-bond acceptors (Lipinski definition) is 4. The molecule has 1 amide bonds. The third kappa shape index (κ3) is 6.01. The van der Waals surface area contributed by atoms with E-state index in [1.807, 2.05) is 50.2 Å². The Hall–Kier alpha value is -2.40. The fourth-order valence-electron chi connectivity index (χ4n) is 2.03. The smallest absolute Gasteiger partial charge is 0.249 e. The first-order valence-electron chi connectivity index (χ1n) is 8.09. The highest BCUT2D eigenvalue weighted by Gasteiger charge is 2.13. The highest BCUT2D eigenvalue weighted by Crippen LogP contribution is 2.09. The summed E-state index contributed by atoms with van der Waals surface area (Å²) in [7, 11) is 0. The fraction of sp³-hybridized carbons (Fsp3) is 0.368. The Morgan fingerprint density at radius 1 is 1.08 bits per heavy atom. The number of carbonyl (C=O) groups is 1. The van der Waals surface area contributed by atoms with Crippen LogP contribution in [0.1, 0.15) is 31.9 Å². The Morgan fingerprint density at radius 3 is 2.46 bits per heavy atom. The van der Waals surface area contributed by atoms with Crippen LogP contribution in [0, 0.1) is 0 Å². The van der Waals surface area contributed by atoms with Crippen molar-refractivity contribution in [3.8, 4) is 5.88 Å².